The molecule has 0 aliphatic heterocycles. The number of fused-ring (bicyclic) bond motifs is 2. The number of carbonyl (C=O) groups excluding carboxylic acids is 1. The number of carboxylic acids is 1. The molecule has 0 aliphatic rings. The second-order valence-electron chi connectivity index (χ2n) is 4.11. The van der Waals surface area contributed by atoms with Crippen molar-refractivity contribution in [2.45, 2.75) is 0 Å². The number of hydrogen-bond acceptors (Lipinski definition) is 5. The maximum Gasteiger partial charge on any atom is 1.00 e. The summed E-state index contributed by atoms with van der Waals surface area (Å²) in [5.41, 5.74) is 0.0708. The Bertz CT molecular complexity index is 882. The average molecular weight is 278 g/mol. The fraction of sp³-hybridized carbons (Fsp3) is 0. The molecule has 1 aromatic heterocycles. The Labute approximate surface area is 134 Å². The second kappa shape index (κ2) is 5.28. The Kier molecular flexibility index (Phi) is 3.85. The third-order valence-electron chi connectivity index (χ3n) is 2.89. The minimum atomic E-state index is -1.34. The molecule has 0 saturated heterocycles. The number of phenols is 1. The van der Waals surface area contributed by atoms with Gasteiger partial charge in [0.1, 0.15) is 16.9 Å². The zero-order valence-electron chi connectivity index (χ0n) is 10.5. The Morgan fingerprint density at radius 2 is 1.80 bits per heavy atom. The van der Waals surface area contributed by atoms with E-state index in [4.69, 9.17) is 4.42 Å². The number of benzene rings is 2. The van der Waals surface area contributed by atoms with E-state index in [0.717, 1.165) is 0 Å². The van der Waals surface area contributed by atoms with Crippen LogP contribution in [0.5, 0.6) is 5.75 Å². The van der Waals surface area contributed by atoms with Crippen LogP contribution in [0.15, 0.2) is 45.6 Å². The molecule has 20 heavy (non-hydrogen) atoms. The smallest absolute Gasteiger partial charge is 0.545 e. The van der Waals surface area contributed by atoms with E-state index in [2.05, 4.69) is 0 Å². The average Bonchev–Trinajstić information content (AvgIpc) is 2.39. The first-order valence-corrected chi connectivity index (χ1v) is 5.47. The van der Waals surface area contributed by atoms with Crippen molar-refractivity contribution in [3.63, 3.8) is 0 Å². The second-order valence-corrected chi connectivity index (χ2v) is 4.11. The summed E-state index contributed by atoms with van der Waals surface area (Å²) < 4.78 is 5.47. The first-order chi connectivity index (χ1) is 9.06. The zero-order valence-corrected chi connectivity index (χ0v) is 12.5. The van der Waals surface area contributed by atoms with Crippen molar-refractivity contribution in [3.8, 4) is 5.75 Å². The molecule has 0 radical (unpaired) electrons. The van der Waals surface area contributed by atoms with Gasteiger partial charge in [-0.1, -0.05) is 6.07 Å². The van der Waals surface area contributed by atoms with Crippen molar-refractivity contribution in [1.29, 1.82) is 0 Å². The number of carboxylic acid groups (broad SMARTS) is 1. The van der Waals surface area contributed by atoms with E-state index in [1.807, 2.05) is 0 Å². The Morgan fingerprint density at radius 3 is 2.50 bits per heavy atom. The van der Waals surface area contributed by atoms with Crippen molar-refractivity contribution < 1.29 is 49.0 Å². The van der Waals surface area contributed by atoms with Crippen LogP contribution in [-0.2, 0) is 0 Å². The van der Waals surface area contributed by atoms with Crippen molar-refractivity contribution in [3.05, 3.63) is 52.2 Å². The van der Waals surface area contributed by atoms with Crippen molar-refractivity contribution in [2.75, 3.05) is 0 Å². The molecule has 0 aliphatic carbocycles. The van der Waals surface area contributed by atoms with Gasteiger partial charge >= 0.3 is 29.6 Å². The van der Waals surface area contributed by atoms with Crippen molar-refractivity contribution in [1.82, 2.24) is 0 Å². The monoisotopic (exact) mass is 278 g/mol. The summed E-state index contributed by atoms with van der Waals surface area (Å²) in [4.78, 5) is 23.0. The fourth-order valence-corrected chi connectivity index (χ4v) is 1.97. The van der Waals surface area contributed by atoms with Crippen LogP contribution in [0.3, 0.4) is 0 Å². The van der Waals surface area contributed by atoms with Gasteiger partial charge in [0, 0.05) is 5.56 Å². The van der Waals surface area contributed by atoms with Crippen molar-refractivity contribution >= 4 is 27.9 Å². The van der Waals surface area contributed by atoms with Gasteiger partial charge in [-0.2, -0.15) is 0 Å². The minimum absolute atomic E-state index is 0. The van der Waals surface area contributed by atoms with Gasteiger partial charge in [0.2, 0.25) is 5.43 Å². The number of rotatable bonds is 1. The van der Waals surface area contributed by atoms with Crippen molar-refractivity contribution in [2.24, 2.45) is 0 Å². The molecule has 1 heterocycles. The quantitative estimate of drug-likeness (QED) is 0.411. The van der Waals surface area contributed by atoms with E-state index in [9.17, 15) is 19.8 Å². The van der Waals surface area contributed by atoms with Gasteiger partial charge < -0.3 is 19.4 Å². The maximum atomic E-state index is 12.2. The van der Waals surface area contributed by atoms with E-state index in [1.54, 1.807) is 0 Å². The molecule has 0 fully saturated rings. The number of aromatic hydroxyl groups is 1. The summed E-state index contributed by atoms with van der Waals surface area (Å²) in [6.07, 6.45) is 0. The molecule has 0 amide bonds. The minimum Gasteiger partial charge on any atom is -0.545 e. The maximum absolute atomic E-state index is 12.2. The van der Waals surface area contributed by atoms with Crippen LogP contribution in [0.2, 0.25) is 0 Å². The largest absolute Gasteiger partial charge is 1.00 e. The first-order valence-electron chi connectivity index (χ1n) is 5.47. The van der Waals surface area contributed by atoms with Crippen LogP contribution in [0, 0.1) is 0 Å². The van der Waals surface area contributed by atoms with E-state index in [1.165, 1.54) is 36.4 Å². The molecular weight excluding hydrogens is 271 g/mol. The fourth-order valence-electron chi connectivity index (χ4n) is 1.97. The summed E-state index contributed by atoms with van der Waals surface area (Å²) in [5.74, 6) is -1.37. The topological polar surface area (TPSA) is 90.6 Å². The normalized spacial score (nSPS) is 10.4. The van der Waals surface area contributed by atoms with E-state index < -0.39 is 5.97 Å². The predicted molar refractivity (Wildman–Crippen MR) is 66.0 cm³/mol. The van der Waals surface area contributed by atoms with Gasteiger partial charge in [0.25, 0.3) is 0 Å². The molecule has 3 aromatic rings. The van der Waals surface area contributed by atoms with Gasteiger partial charge in [0.15, 0.2) is 0 Å². The third-order valence-corrected chi connectivity index (χ3v) is 2.89. The summed E-state index contributed by atoms with van der Waals surface area (Å²) >= 11 is 0. The first kappa shape index (κ1) is 14.6. The summed E-state index contributed by atoms with van der Waals surface area (Å²) in [5, 5.41) is 20.6. The Balaban J connectivity index is 0.00000147. The van der Waals surface area contributed by atoms with E-state index >= 15 is 0 Å². The summed E-state index contributed by atoms with van der Waals surface area (Å²) in [6.45, 7) is 0. The van der Waals surface area contributed by atoms with Crippen LogP contribution in [-0.4, -0.2) is 11.1 Å². The predicted octanol–water partition coefficient (Wildman–Crippen LogP) is -1.98. The molecule has 3 rings (SSSR count). The molecule has 5 nitrogen and oxygen atoms in total. The molecule has 94 valence electrons. The molecular formula is C14H7NaO5. The SMILES string of the molecule is O=C([O-])c1ccc2c(=O)c3cc(O)ccc3oc2c1.[Na+]. The summed E-state index contributed by atoms with van der Waals surface area (Å²) in [7, 11) is 0. The van der Waals surface area contributed by atoms with Gasteiger partial charge in [0.05, 0.1) is 16.7 Å². The zero-order chi connectivity index (χ0) is 13.6. The molecule has 0 spiro atoms. The van der Waals surface area contributed by atoms with Gasteiger partial charge in [-0.3, -0.25) is 4.79 Å². The number of phenolic OH excluding ortho intramolecular Hbond substituents is 1. The Morgan fingerprint density at radius 1 is 1.05 bits per heavy atom. The molecule has 6 heteroatoms. The molecule has 1 N–H and O–H groups in total. The third kappa shape index (κ3) is 2.31. The molecule has 0 saturated carbocycles. The van der Waals surface area contributed by atoms with Crippen LogP contribution in [0.1, 0.15) is 10.4 Å². The van der Waals surface area contributed by atoms with Crippen LogP contribution < -0.4 is 40.1 Å². The molecule has 0 bridgehead atoms. The molecule has 0 unspecified atom stereocenters. The van der Waals surface area contributed by atoms with E-state index in [-0.39, 0.29) is 68.2 Å². The van der Waals surface area contributed by atoms with Gasteiger partial charge in [-0.25, -0.2) is 0 Å². The summed E-state index contributed by atoms with van der Waals surface area (Å²) in [6, 6.07) is 8.06. The number of aromatic carboxylic acids is 1. The molecule has 0 atom stereocenters. The Hall–Kier alpha value is -1.82. The molecule has 2 aromatic carbocycles. The number of hydrogen-bond donors (Lipinski definition) is 1. The number of carbonyl (C=O) groups is 1. The van der Waals surface area contributed by atoms with Gasteiger partial charge in [-0.15, -0.1) is 0 Å². The van der Waals surface area contributed by atoms with E-state index in [0.29, 0.717) is 0 Å². The van der Waals surface area contributed by atoms with Gasteiger partial charge in [-0.05, 0) is 30.3 Å². The van der Waals surface area contributed by atoms with Crippen LogP contribution in [0.25, 0.3) is 21.9 Å². The van der Waals surface area contributed by atoms with Crippen LogP contribution >= 0.6 is 0 Å². The van der Waals surface area contributed by atoms with Crippen LogP contribution in [0.4, 0.5) is 0 Å². The standard InChI is InChI=1S/C14H8O5.Na/c15-8-2-4-11-10(6-8)13(16)9-3-1-7(14(17)18)5-12(9)19-11;/h1-6,15H,(H,17,18);/q;+1/p-1.